The Kier molecular flexibility index (Phi) is 3.21. The predicted octanol–water partition coefficient (Wildman–Crippen LogP) is 3.05. The van der Waals surface area contributed by atoms with Crippen molar-refractivity contribution in [2.45, 2.75) is 19.0 Å². The molecule has 1 radical (unpaired) electrons. The van der Waals surface area contributed by atoms with Crippen molar-refractivity contribution in [2.24, 2.45) is 0 Å². The molecule has 1 aromatic heterocycles. The Morgan fingerprint density at radius 3 is 2.47 bits per heavy atom. The minimum Gasteiger partial charge on any atom is -0.481 e. The molecule has 0 fully saturated rings. The van der Waals surface area contributed by atoms with Crippen molar-refractivity contribution in [3.8, 4) is 5.88 Å². The molecule has 0 amide bonds. The Balaban J connectivity index is 3.26. The summed E-state index contributed by atoms with van der Waals surface area (Å²) in [5.74, 6) is -0.656. The molecule has 1 heterocycles. The summed E-state index contributed by atoms with van der Waals surface area (Å²) in [4.78, 5) is 3.60. The fourth-order valence-electron chi connectivity index (χ4n) is 1.10. The van der Waals surface area contributed by atoms with Crippen LogP contribution < -0.4 is 4.74 Å². The van der Waals surface area contributed by atoms with E-state index in [9.17, 15) is 13.2 Å². The van der Waals surface area contributed by atoms with E-state index in [1.165, 1.54) is 6.20 Å². The van der Waals surface area contributed by atoms with Gasteiger partial charge in [-0.25, -0.2) is 4.98 Å². The van der Waals surface area contributed by atoms with E-state index in [2.05, 4.69) is 16.6 Å². The van der Waals surface area contributed by atoms with Gasteiger partial charge >= 0.3 is 6.18 Å². The van der Waals surface area contributed by atoms with Crippen molar-refractivity contribution in [3.63, 3.8) is 0 Å². The number of hydrogen-bond acceptors (Lipinski definition) is 2. The molecule has 0 N–H and O–H groups in total. The van der Waals surface area contributed by atoms with E-state index in [1.54, 1.807) is 6.92 Å². The first-order chi connectivity index (χ1) is 6.86. The van der Waals surface area contributed by atoms with Crippen LogP contribution in [0.4, 0.5) is 13.2 Å². The van der Waals surface area contributed by atoms with E-state index in [0.29, 0.717) is 5.56 Å². The Morgan fingerprint density at radius 1 is 1.47 bits per heavy atom. The van der Waals surface area contributed by atoms with Gasteiger partial charge in [0.15, 0.2) is 0 Å². The topological polar surface area (TPSA) is 22.1 Å². The second kappa shape index (κ2) is 4.08. The zero-order chi connectivity index (χ0) is 11.6. The predicted molar refractivity (Wildman–Crippen MR) is 49.6 cm³/mol. The van der Waals surface area contributed by atoms with Crippen LogP contribution in [0.5, 0.6) is 5.88 Å². The number of ether oxygens (including phenoxy) is 1. The minimum atomic E-state index is -4.46. The monoisotopic (exact) mass is 218 g/mol. The van der Waals surface area contributed by atoms with Crippen LogP contribution in [0.1, 0.15) is 24.0 Å². The molecule has 5 heteroatoms. The maximum absolute atomic E-state index is 12.5. The highest BCUT2D eigenvalue weighted by atomic mass is 19.4. The number of halogens is 3. The van der Waals surface area contributed by atoms with Crippen LogP contribution in [0.3, 0.4) is 0 Å². The van der Waals surface area contributed by atoms with Gasteiger partial charge in [-0.2, -0.15) is 13.2 Å². The highest BCUT2D eigenvalue weighted by Crippen LogP contribution is 2.36. The highest BCUT2D eigenvalue weighted by Gasteiger charge is 2.35. The van der Waals surface area contributed by atoms with Crippen LogP contribution in [0.2, 0.25) is 0 Å². The van der Waals surface area contributed by atoms with Crippen molar-refractivity contribution in [3.05, 3.63) is 30.3 Å². The zero-order valence-electron chi connectivity index (χ0n) is 8.43. The molecule has 0 aliphatic heterocycles. The third-order valence-corrected chi connectivity index (χ3v) is 1.94. The molecular weight excluding hydrogens is 207 g/mol. The number of pyridine rings is 1. The van der Waals surface area contributed by atoms with E-state index in [4.69, 9.17) is 0 Å². The van der Waals surface area contributed by atoms with Crippen LogP contribution in [0, 0.1) is 6.92 Å². The lowest BCUT2D eigenvalue weighted by Crippen LogP contribution is -2.10. The Morgan fingerprint density at radius 2 is 2.07 bits per heavy atom. The van der Waals surface area contributed by atoms with Gasteiger partial charge in [0.25, 0.3) is 0 Å². The average molecular weight is 218 g/mol. The highest BCUT2D eigenvalue weighted by molar-refractivity contribution is 5.34. The van der Waals surface area contributed by atoms with Crippen LogP contribution in [-0.4, -0.2) is 12.1 Å². The van der Waals surface area contributed by atoms with Gasteiger partial charge in [-0.15, -0.1) is 0 Å². The molecule has 0 saturated carbocycles. The Bertz CT molecular complexity index is 347. The van der Waals surface area contributed by atoms with Crippen molar-refractivity contribution in [1.82, 2.24) is 4.98 Å². The van der Waals surface area contributed by atoms with Gasteiger partial charge in [0, 0.05) is 6.20 Å². The fraction of sp³-hybridized carbons (Fsp3) is 0.400. The van der Waals surface area contributed by atoms with Crippen molar-refractivity contribution in [1.29, 1.82) is 0 Å². The normalized spacial score (nSPS) is 11.9. The summed E-state index contributed by atoms with van der Waals surface area (Å²) in [5, 5.41) is 0. The first-order valence-electron chi connectivity index (χ1n) is 4.30. The number of rotatable bonds is 2. The largest absolute Gasteiger partial charge is 0.481 e. The summed E-state index contributed by atoms with van der Waals surface area (Å²) >= 11 is 0. The maximum Gasteiger partial charge on any atom is 0.421 e. The lowest BCUT2D eigenvalue weighted by Gasteiger charge is -2.13. The Hall–Kier alpha value is -1.26. The van der Waals surface area contributed by atoms with Crippen LogP contribution in [-0.2, 0) is 6.18 Å². The average Bonchev–Trinajstić information content (AvgIpc) is 2.15. The molecule has 2 nitrogen and oxygen atoms in total. The first kappa shape index (κ1) is 11.8. The molecule has 1 atom stereocenters. The first-order valence-corrected chi connectivity index (χ1v) is 4.30. The van der Waals surface area contributed by atoms with Crippen LogP contribution >= 0.6 is 0 Å². The second-order valence-corrected chi connectivity index (χ2v) is 3.22. The Labute approximate surface area is 86.1 Å². The molecule has 0 bridgehead atoms. The quantitative estimate of drug-likeness (QED) is 0.761. The summed E-state index contributed by atoms with van der Waals surface area (Å²) in [7, 11) is 1.16. The van der Waals surface area contributed by atoms with Gasteiger partial charge in [0.05, 0.1) is 7.11 Å². The molecule has 0 saturated heterocycles. The van der Waals surface area contributed by atoms with Crippen molar-refractivity contribution < 1.29 is 17.9 Å². The molecule has 1 aromatic rings. The molecule has 15 heavy (non-hydrogen) atoms. The smallest absolute Gasteiger partial charge is 0.421 e. The van der Waals surface area contributed by atoms with Gasteiger partial charge in [0.2, 0.25) is 5.88 Å². The zero-order valence-corrected chi connectivity index (χ0v) is 8.43. The maximum atomic E-state index is 12.5. The lowest BCUT2D eigenvalue weighted by molar-refractivity contribution is -0.139. The molecule has 0 aromatic carbocycles. The summed E-state index contributed by atoms with van der Waals surface area (Å²) in [6.07, 6.45) is -3.12. The second-order valence-electron chi connectivity index (χ2n) is 3.22. The van der Waals surface area contributed by atoms with Gasteiger partial charge in [-0.3, -0.25) is 0 Å². The minimum absolute atomic E-state index is 0.246. The summed E-state index contributed by atoms with van der Waals surface area (Å²) < 4.78 is 42.2. The molecule has 0 aliphatic carbocycles. The summed E-state index contributed by atoms with van der Waals surface area (Å²) in [6, 6.07) is 1.02. The fourth-order valence-corrected chi connectivity index (χ4v) is 1.10. The number of hydrogen-bond donors (Lipinski definition) is 0. The third kappa shape index (κ3) is 2.61. The molecule has 1 unspecified atom stereocenters. The van der Waals surface area contributed by atoms with E-state index < -0.39 is 17.6 Å². The van der Waals surface area contributed by atoms with Crippen molar-refractivity contribution in [2.75, 3.05) is 7.11 Å². The van der Waals surface area contributed by atoms with Gasteiger partial charge in [0.1, 0.15) is 5.56 Å². The van der Waals surface area contributed by atoms with E-state index >= 15 is 0 Å². The summed E-state index contributed by atoms with van der Waals surface area (Å²) in [5.41, 5.74) is -0.430. The van der Waals surface area contributed by atoms with Gasteiger partial charge < -0.3 is 4.74 Å². The van der Waals surface area contributed by atoms with Gasteiger partial charge in [-0.1, -0.05) is 6.92 Å². The van der Waals surface area contributed by atoms with E-state index in [-0.39, 0.29) is 5.92 Å². The number of aromatic nitrogens is 1. The lowest BCUT2D eigenvalue weighted by atomic mass is 10.0. The molecule has 0 spiro atoms. The molecular formula is C10H11F3NO. The van der Waals surface area contributed by atoms with Crippen LogP contribution in [0.25, 0.3) is 0 Å². The molecule has 1 rings (SSSR count). The number of alkyl halides is 3. The van der Waals surface area contributed by atoms with E-state index in [1.807, 2.05) is 0 Å². The SMILES string of the molecule is [CH2]C(C)c1cnc(OC)c(C(F)(F)F)c1. The van der Waals surface area contributed by atoms with E-state index in [0.717, 1.165) is 13.2 Å². The summed E-state index contributed by atoms with van der Waals surface area (Å²) in [6.45, 7) is 5.34. The molecule has 0 aliphatic rings. The van der Waals surface area contributed by atoms with Crippen LogP contribution in [0.15, 0.2) is 12.3 Å². The number of nitrogens with zero attached hydrogens (tertiary/aromatic N) is 1. The number of methoxy groups -OCH3 is 1. The van der Waals surface area contributed by atoms with Gasteiger partial charge in [-0.05, 0) is 24.5 Å². The van der Waals surface area contributed by atoms with Crippen molar-refractivity contribution >= 4 is 0 Å². The third-order valence-electron chi connectivity index (χ3n) is 1.94. The standard InChI is InChI=1S/C10H11F3NO/c1-6(2)7-4-8(10(11,12)13)9(15-3)14-5-7/h4-6H,1H2,2-3H3. The molecule has 83 valence electrons.